The van der Waals surface area contributed by atoms with Gasteiger partial charge in [0.15, 0.2) is 0 Å². The zero-order chi connectivity index (χ0) is 12.3. The third-order valence-electron chi connectivity index (χ3n) is 4.55. The Hall–Kier alpha value is -0.610. The first-order chi connectivity index (χ1) is 8.19. The third kappa shape index (κ3) is 2.80. The van der Waals surface area contributed by atoms with E-state index in [1.807, 2.05) is 0 Å². The minimum absolute atomic E-state index is 0.0802. The number of nitrogens with two attached hydrogens (primary N) is 1. The monoisotopic (exact) mass is 240 g/mol. The molecular formula is C13H24N2O2. The molecule has 4 heteroatoms. The SMILES string of the molecule is NCC1CCC(C(=O)NC2(CO)CCC2)CC1. The molecule has 0 spiro atoms. The predicted octanol–water partition coefficient (Wildman–Crippen LogP) is 0.783. The van der Waals surface area contributed by atoms with E-state index < -0.39 is 0 Å². The van der Waals surface area contributed by atoms with Gasteiger partial charge in [0.25, 0.3) is 0 Å². The van der Waals surface area contributed by atoms with Crippen LogP contribution < -0.4 is 11.1 Å². The Bertz CT molecular complexity index is 263. The third-order valence-corrected chi connectivity index (χ3v) is 4.55. The highest BCUT2D eigenvalue weighted by Gasteiger charge is 2.39. The average Bonchev–Trinajstić information content (AvgIpc) is 2.33. The average molecular weight is 240 g/mol. The Morgan fingerprint density at radius 2 is 1.94 bits per heavy atom. The lowest BCUT2D eigenvalue weighted by atomic mass is 9.76. The van der Waals surface area contributed by atoms with Crippen LogP contribution in [0.5, 0.6) is 0 Å². The molecule has 0 radical (unpaired) electrons. The van der Waals surface area contributed by atoms with Gasteiger partial charge in [-0.3, -0.25) is 4.79 Å². The van der Waals surface area contributed by atoms with Gasteiger partial charge < -0.3 is 16.2 Å². The van der Waals surface area contributed by atoms with Crippen molar-refractivity contribution in [3.8, 4) is 0 Å². The Morgan fingerprint density at radius 3 is 2.35 bits per heavy atom. The van der Waals surface area contributed by atoms with E-state index in [-0.39, 0.29) is 24.0 Å². The number of amides is 1. The maximum atomic E-state index is 12.1. The van der Waals surface area contributed by atoms with Gasteiger partial charge in [-0.1, -0.05) is 0 Å². The summed E-state index contributed by atoms with van der Waals surface area (Å²) in [5, 5.41) is 12.4. The largest absolute Gasteiger partial charge is 0.394 e. The van der Waals surface area contributed by atoms with Crippen molar-refractivity contribution in [2.75, 3.05) is 13.2 Å². The number of carbonyl (C=O) groups is 1. The molecule has 0 heterocycles. The number of hydrogen-bond acceptors (Lipinski definition) is 3. The highest BCUT2D eigenvalue weighted by molar-refractivity contribution is 5.79. The Kier molecular flexibility index (Phi) is 4.05. The first-order valence-electron chi connectivity index (χ1n) is 6.82. The zero-order valence-electron chi connectivity index (χ0n) is 10.5. The molecule has 4 N–H and O–H groups in total. The highest BCUT2D eigenvalue weighted by Crippen LogP contribution is 2.33. The van der Waals surface area contributed by atoms with Crippen molar-refractivity contribution in [3.63, 3.8) is 0 Å². The molecule has 0 aromatic rings. The van der Waals surface area contributed by atoms with Crippen LogP contribution in [0.3, 0.4) is 0 Å². The van der Waals surface area contributed by atoms with Crippen LogP contribution in [0.25, 0.3) is 0 Å². The fraction of sp³-hybridized carbons (Fsp3) is 0.923. The summed E-state index contributed by atoms with van der Waals surface area (Å²) >= 11 is 0. The van der Waals surface area contributed by atoms with E-state index in [2.05, 4.69) is 5.32 Å². The van der Waals surface area contributed by atoms with Crippen LogP contribution in [0, 0.1) is 11.8 Å². The van der Waals surface area contributed by atoms with Gasteiger partial charge >= 0.3 is 0 Å². The van der Waals surface area contributed by atoms with Gasteiger partial charge in [-0.2, -0.15) is 0 Å². The number of carbonyl (C=O) groups excluding carboxylic acids is 1. The second kappa shape index (κ2) is 5.36. The van der Waals surface area contributed by atoms with Crippen molar-refractivity contribution in [1.29, 1.82) is 0 Å². The first kappa shape index (κ1) is 12.8. The molecule has 0 aromatic carbocycles. The van der Waals surface area contributed by atoms with Gasteiger partial charge in [0.1, 0.15) is 0 Å². The van der Waals surface area contributed by atoms with Gasteiger partial charge in [0.05, 0.1) is 12.1 Å². The van der Waals surface area contributed by atoms with E-state index in [0.29, 0.717) is 5.92 Å². The fourth-order valence-electron chi connectivity index (χ4n) is 2.95. The lowest BCUT2D eigenvalue weighted by Gasteiger charge is -2.42. The van der Waals surface area contributed by atoms with E-state index in [0.717, 1.165) is 51.5 Å². The predicted molar refractivity (Wildman–Crippen MR) is 66.3 cm³/mol. The zero-order valence-corrected chi connectivity index (χ0v) is 10.5. The summed E-state index contributed by atoms with van der Waals surface area (Å²) in [5.41, 5.74) is 5.36. The number of aliphatic hydroxyl groups is 1. The summed E-state index contributed by atoms with van der Waals surface area (Å²) in [6.07, 6.45) is 7.01. The van der Waals surface area contributed by atoms with E-state index in [9.17, 15) is 9.90 Å². The lowest BCUT2D eigenvalue weighted by molar-refractivity contribution is -0.130. The second-order valence-electron chi connectivity index (χ2n) is 5.73. The van der Waals surface area contributed by atoms with Crippen molar-refractivity contribution >= 4 is 5.91 Å². The molecule has 2 aliphatic carbocycles. The molecule has 98 valence electrons. The van der Waals surface area contributed by atoms with Gasteiger partial charge in [-0.25, -0.2) is 0 Å². The maximum Gasteiger partial charge on any atom is 0.223 e. The Morgan fingerprint density at radius 1 is 1.29 bits per heavy atom. The van der Waals surface area contributed by atoms with Crippen molar-refractivity contribution < 1.29 is 9.90 Å². The lowest BCUT2D eigenvalue weighted by Crippen LogP contribution is -2.57. The van der Waals surface area contributed by atoms with Crippen molar-refractivity contribution in [1.82, 2.24) is 5.32 Å². The van der Waals surface area contributed by atoms with Crippen LogP contribution in [0.1, 0.15) is 44.9 Å². The van der Waals surface area contributed by atoms with Crippen LogP contribution in [-0.4, -0.2) is 29.7 Å². The molecule has 2 fully saturated rings. The molecule has 1 amide bonds. The molecule has 2 saturated carbocycles. The van der Waals surface area contributed by atoms with Gasteiger partial charge in [-0.05, 0) is 57.4 Å². The van der Waals surface area contributed by atoms with Crippen molar-refractivity contribution in [3.05, 3.63) is 0 Å². The van der Waals surface area contributed by atoms with Gasteiger partial charge in [0.2, 0.25) is 5.91 Å². The number of nitrogens with one attached hydrogen (secondary N) is 1. The van der Waals surface area contributed by atoms with Gasteiger partial charge in [-0.15, -0.1) is 0 Å². The van der Waals surface area contributed by atoms with Crippen molar-refractivity contribution in [2.24, 2.45) is 17.6 Å². The molecule has 2 aliphatic rings. The summed E-state index contributed by atoms with van der Waals surface area (Å²) < 4.78 is 0. The molecule has 0 bridgehead atoms. The van der Waals surface area contributed by atoms with Crippen LogP contribution in [0.15, 0.2) is 0 Å². The minimum atomic E-state index is -0.290. The highest BCUT2D eigenvalue weighted by atomic mass is 16.3. The standard InChI is InChI=1S/C13H24N2O2/c14-8-10-2-4-11(5-3-10)12(17)15-13(9-16)6-1-7-13/h10-11,16H,1-9,14H2,(H,15,17). The molecule has 4 nitrogen and oxygen atoms in total. The Balaban J connectivity index is 1.80. The molecule has 2 rings (SSSR count). The molecule has 0 atom stereocenters. The van der Waals surface area contributed by atoms with E-state index in [4.69, 9.17) is 5.73 Å². The smallest absolute Gasteiger partial charge is 0.223 e. The molecule has 17 heavy (non-hydrogen) atoms. The Labute approximate surface area is 103 Å². The molecule has 0 saturated heterocycles. The van der Waals surface area contributed by atoms with Crippen LogP contribution >= 0.6 is 0 Å². The summed E-state index contributed by atoms with van der Waals surface area (Å²) in [6.45, 7) is 0.825. The first-order valence-corrected chi connectivity index (χ1v) is 6.82. The molecule has 0 unspecified atom stereocenters. The van der Waals surface area contributed by atoms with Crippen LogP contribution in [-0.2, 0) is 4.79 Å². The fourth-order valence-corrected chi connectivity index (χ4v) is 2.95. The number of hydrogen-bond donors (Lipinski definition) is 3. The topological polar surface area (TPSA) is 75.4 Å². The van der Waals surface area contributed by atoms with E-state index in [1.54, 1.807) is 0 Å². The number of rotatable bonds is 4. The maximum absolute atomic E-state index is 12.1. The molecular weight excluding hydrogens is 216 g/mol. The summed E-state index contributed by atoms with van der Waals surface area (Å²) in [7, 11) is 0. The second-order valence-corrected chi connectivity index (χ2v) is 5.73. The van der Waals surface area contributed by atoms with Crippen molar-refractivity contribution in [2.45, 2.75) is 50.5 Å². The van der Waals surface area contributed by atoms with Gasteiger partial charge in [0, 0.05) is 5.92 Å². The summed E-state index contributed by atoms with van der Waals surface area (Å²) in [4.78, 5) is 12.1. The summed E-state index contributed by atoms with van der Waals surface area (Å²) in [6, 6.07) is 0. The minimum Gasteiger partial charge on any atom is -0.394 e. The van der Waals surface area contributed by atoms with E-state index >= 15 is 0 Å². The van der Waals surface area contributed by atoms with Crippen LogP contribution in [0.2, 0.25) is 0 Å². The quantitative estimate of drug-likeness (QED) is 0.680. The molecule has 0 aromatic heterocycles. The normalized spacial score (nSPS) is 31.6. The summed E-state index contributed by atoms with van der Waals surface area (Å²) in [5.74, 6) is 0.894. The number of aliphatic hydroxyl groups excluding tert-OH is 1. The molecule has 0 aliphatic heterocycles. The van der Waals surface area contributed by atoms with Crippen LogP contribution in [0.4, 0.5) is 0 Å². The van der Waals surface area contributed by atoms with E-state index in [1.165, 1.54) is 0 Å².